The van der Waals surface area contributed by atoms with Crippen molar-refractivity contribution in [2.24, 2.45) is 0 Å². The second-order valence-electron chi connectivity index (χ2n) is 3.25. The van der Waals surface area contributed by atoms with E-state index in [0.29, 0.717) is 0 Å². The quantitative estimate of drug-likeness (QED) is 0.707. The summed E-state index contributed by atoms with van der Waals surface area (Å²) in [7, 11) is -0.655. The van der Waals surface area contributed by atoms with E-state index in [-0.39, 0.29) is 11.7 Å². The highest BCUT2D eigenvalue weighted by molar-refractivity contribution is 7.85. The Labute approximate surface area is 78.4 Å². The van der Waals surface area contributed by atoms with Gasteiger partial charge in [0.2, 0.25) is 0 Å². The van der Waals surface area contributed by atoms with Gasteiger partial charge in [0.05, 0.1) is 0 Å². The van der Waals surface area contributed by atoms with Gasteiger partial charge < -0.3 is 4.98 Å². The van der Waals surface area contributed by atoms with Gasteiger partial charge in [0.1, 0.15) is 0 Å². The maximum Gasteiger partial charge on any atom is 0.325 e. The Morgan fingerprint density at radius 1 is 1.46 bits per heavy atom. The van der Waals surface area contributed by atoms with Crippen molar-refractivity contribution in [2.75, 3.05) is 11.5 Å². The molecule has 0 aliphatic carbocycles. The van der Waals surface area contributed by atoms with Gasteiger partial charge in [0.15, 0.2) is 0 Å². The van der Waals surface area contributed by atoms with E-state index in [0.717, 1.165) is 24.3 Å². The first-order chi connectivity index (χ1) is 6.27. The van der Waals surface area contributed by atoms with Gasteiger partial charge in [-0.1, -0.05) is 0 Å². The first-order valence-electron chi connectivity index (χ1n) is 4.38. The average Bonchev–Trinajstić information content (AvgIpc) is 2.53. The lowest BCUT2D eigenvalue weighted by Gasteiger charge is -2.21. The summed E-state index contributed by atoms with van der Waals surface area (Å²) < 4.78 is 12.8. The van der Waals surface area contributed by atoms with Crippen LogP contribution in [0.5, 0.6) is 0 Å². The largest absolute Gasteiger partial charge is 0.325 e. The van der Waals surface area contributed by atoms with Gasteiger partial charge in [0, 0.05) is 40.7 Å². The fourth-order valence-corrected chi connectivity index (χ4v) is 2.95. The van der Waals surface area contributed by atoms with Crippen LogP contribution in [0.1, 0.15) is 18.9 Å². The SMILES string of the molecule is O=c1[nH]ccn1C1CCS(=O)CC1. The van der Waals surface area contributed by atoms with Gasteiger partial charge >= 0.3 is 5.69 Å². The van der Waals surface area contributed by atoms with Crippen LogP contribution in [0.25, 0.3) is 0 Å². The lowest BCUT2D eigenvalue weighted by Crippen LogP contribution is -2.27. The minimum absolute atomic E-state index is 0.0577. The zero-order valence-electron chi connectivity index (χ0n) is 7.23. The van der Waals surface area contributed by atoms with E-state index in [4.69, 9.17) is 0 Å². The molecule has 0 atom stereocenters. The molecule has 72 valence electrons. The van der Waals surface area contributed by atoms with Crippen LogP contribution < -0.4 is 5.69 Å². The molecule has 0 aromatic carbocycles. The second-order valence-corrected chi connectivity index (χ2v) is 4.95. The molecule has 1 aliphatic rings. The van der Waals surface area contributed by atoms with Crippen LogP contribution in [0.15, 0.2) is 17.2 Å². The molecule has 0 amide bonds. The maximum atomic E-state index is 11.2. The molecule has 0 unspecified atom stereocenters. The molecule has 5 heteroatoms. The monoisotopic (exact) mass is 200 g/mol. The van der Waals surface area contributed by atoms with Gasteiger partial charge in [-0.05, 0) is 12.8 Å². The number of rotatable bonds is 1. The number of nitrogens with zero attached hydrogens (tertiary/aromatic N) is 1. The third kappa shape index (κ3) is 1.75. The first kappa shape index (κ1) is 8.74. The highest BCUT2D eigenvalue weighted by atomic mass is 32.2. The molecule has 1 aromatic heterocycles. The summed E-state index contributed by atoms with van der Waals surface area (Å²) in [5.41, 5.74) is -0.0577. The smallest absolute Gasteiger partial charge is 0.313 e. The molecule has 13 heavy (non-hydrogen) atoms. The molecular weight excluding hydrogens is 188 g/mol. The fraction of sp³-hybridized carbons (Fsp3) is 0.625. The number of H-pyrrole nitrogens is 1. The first-order valence-corrected chi connectivity index (χ1v) is 5.86. The minimum Gasteiger partial charge on any atom is -0.313 e. The van der Waals surface area contributed by atoms with E-state index in [9.17, 15) is 9.00 Å². The molecule has 1 saturated heterocycles. The third-order valence-corrected chi connectivity index (χ3v) is 3.81. The number of hydrogen-bond acceptors (Lipinski definition) is 2. The Kier molecular flexibility index (Phi) is 2.35. The predicted octanol–water partition coefficient (Wildman–Crippen LogP) is 0.260. The van der Waals surface area contributed by atoms with Crippen molar-refractivity contribution < 1.29 is 4.21 Å². The maximum absolute atomic E-state index is 11.2. The zero-order valence-corrected chi connectivity index (χ0v) is 8.05. The Hall–Kier alpha value is -0.840. The summed E-state index contributed by atoms with van der Waals surface area (Å²) in [6, 6.07) is 0.247. The van der Waals surface area contributed by atoms with E-state index in [1.165, 1.54) is 0 Å². The van der Waals surface area contributed by atoms with Crippen molar-refractivity contribution in [1.82, 2.24) is 9.55 Å². The van der Waals surface area contributed by atoms with Gasteiger partial charge in [0.25, 0.3) is 0 Å². The van der Waals surface area contributed by atoms with Crippen molar-refractivity contribution in [3.05, 3.63) is 22.9 Å². The van der Waals surface area contributed by atoms with Crippen LogP contribution in [0.2, 0.25) is 0 Å². The molecule has 1 aromatic rings. The molecule has 0 spiro atoms. The number of nitrogens with one attached hydrogen (secondary N) is 1. The molecule has 0 radical (unpaired) electrons. The van der Waals surface area contributed by atoms with Crippen molar-refractivity contribution >= 4 is 10.8 Å². The highest BCUT2D eigenvalue weighted by Crippen LogP contribution is 2.19. The molecule has 0 saturated carbocycles. The van der Waals surface area contributed by atoms with E-state index in [1.54, 1.807) is 17.0 Å². The summed E-state index contributed by atoms with van der Waals surface area (Å²) >= 11 is 0. The fourth-order valence-electron chi connectivity index (χ4n) is 1.68. The summed E-state index contributed by atoms with van der Waals surface area (Å²) in [6.07, 6.45) is 5.11. The van der Waals surface area contributed by atoms with Crippen LogP contribution in [-0.2, 0) is 10.8 Å². The molecule has 1 fully saturated rings. The average molecular weight is 200 g/mol. The molecule has 2 rings (SSSR count). The Morgan fingerprint density at radius 2 is 2.15 bits per heavy atom. The van der Waals surface area contributed by atoms with Gasteiger partial charge in [-0.15, -0.1) is 0 Å². The van der Waals surface area contributed by atoms with Gasteiger partial charge in [-0.3, -0.25) is 8.78 Å². The van der Waals surface area contributed by atoms with Crippen LogP contribution in [-0.4, -0.2) is 25.3 Å². The zero-order chi connectivity index (χ0) is 9.26. The summed E-state index contributed by atoms with van der Waals surface area (Å²) in [5.74, 6) is 1.45. The second kappa shape index (κ2) is 3.49. The van der Waals surface area contributed by atoms with E-state index in [2.05, 4.69) is 4.98 Å². The van der Waals surface area contributed by atoms with Crippen LogP contribution >= 0.6 is 0 Å². The van der Waals surface area contributed by atoms with E-state index < -0.39 is 10.8 Å². The van der Waals surface area contributed by atoms with E-state index >= 15 is 0 Å². The molecule has 4 nitrogen and oxygen atoms in total. The Balaban J connectivity index is 2.15. The number of aromatic amines is 1. The standard InChI is InChI=1S/C8H12N2O2S/c11-8-9-3-4-10(8)7-1-5-13(12)6-2-7/h3-4,7H,1-2,5-6H2,(H,9,11). The normalized spacial score (nSPS) is 28.9. The van der Waals surface area contributed by atoms with Crippen molar-refractivity contribution in [3.8, 4) is 0 Å². The summed E-state index contributed by atoms with van der Waals surface area (Å²) in [5, 5.41) is 0. The highest BCUT2D eigenvalue weighted by Gasteiger charge is 2.19. The topological polar surface area (TPSA) is 54.9 Å². The summed E-state index contributed by atoms with van der Waals surface area (Å²) in [6.45, 7) is 0. The van der Waals surface area contributed by atoms with Crippen LogP contribution in [0.4, 0.5) is 0 Å². The predicted molar refractivity (Wildman–Crippen MR) is 51.2 cm³/mol. The van der Waals surface area contributed by atoms with Crippen molar-refractivity contribution in [1.29, 1.82) is 0 Å². The molecular formula is C8H12N2O2S. The third-order valence-electron chi connectivity index (χ3n) is 2.43. The molecule has 1 aliphatic heterocycles. The van der Waals surface area contributed by atoms with Gasteiger partial charge in [-0.2, -0.15) is 0 Å². The number of hydrogen-bond donors (Lipinski definition) is 1. The lowest BCUT2D eigenvalue weighted by molar-refractivity contribution is 0.451. The van der Waals surface area contributed by atoms with Crippen LogP contribution in [0.3, 0.4) is 0 Å². The molecule has 1 N–H and O–H groups in total. The number of aromatic nitrogens is 2. The lowest BCUT2D eigenvalue weighted by atomic mass is 10.1. The molecule has 2 heterocycles. The van der Waals surface area contributed by atoms with Crippen LogP contribution in [0, 0.1) is 0 Å². The Morgan fingerprint density at radius 3 is 2.69 bits per heavy atom. The van der Waals surface area contributed by atoms with E-state index in [1.807, 2.05) is 0 Å². The van der Waals surface area contributed by atoms with Gasteiger partial charge in [-0.25, -0.2) is 4.79 Å². The number of imidazole rings is 1. The Bertz CT molecular complexity index is 358. The minimum atomic E-state index is -0.655. The summed E-state index contributed by atoms with van der Waals surface area (Å²) in [4.78, 5) is 13.8. The van der Waals surface area contributed by atoms with Crippen molar-refractivity contribution in [2.45, 2.75) is 18.9 Å². The van der Waals surface area contributed by atoms with Crippen molar-refractivity contribution in [3.63, 3.8) is 0 Å². The molecule has 0 bridgehead atoms.